The molecule has 32 heavy (non-hydrogen) atoms. The minimum atomic E-state index is -1.25. The molecule has 1 saturated heterocycles. The molecule has 4 rings (SSSR count). The molecule has 0 amide bonds. The van der Waals surface area contributed by atoms with Gasteiger partial charge in [-0.2, -0.15) is 0 Å². The Morgan fingerprint density at radius 2 is 2.00 bits per heavy atom. The van der Waals surface area contributed by atoms with Crippen molar-refractivity contribution in [2.24, 2.45) is 0 Å². The van der Waals surface area contributed by atoms with E-state index in [-0.39, 0.29) is 11.6 Å². The Morgan fingerprint density at radius 3 is 2.69 bits per heavy atom. The first-order chi connectivity index (χ1) is 15.3. The van der Waals surface area contributed by atoms with Crippen LogP contribution >= 0.6 is 0 Å². The van der Waals surface area contributed by atoms with Crippen molar-refractivity contribution in [3.05, 3.63) is 45.7 Å². The molecule has 0 saturated carbocycles. The van der Waals surface area contributed by atoms with Crippen molar-refractivity contribution in [3.63, 3.8) is 0 Å². The summed E-state index contributed by atoms with van der Waals surface area (Å²) in [5, 5.41) is 11.6. The number of aromatic carboxylic acids is 1. The lowest BCUT2D eigenvalue weighted by Gasteiger charge is -2.53. The molecule has 2 aliphatic heterocycles. The summed E-state index contributed by atoms with van der Waals surface area (Å²) in [5.74, 6) is -0.119. The molecule has 0 aliphatic carbocycles. The first-order valence-corrected chi connectivity index (χ1v) is 10.5. The predicted octanol–water partition coefficient (Wildman–Crippen LogP) is 2.44. The summed E-state index contributed by atoms with van der Waals surface area (Å²) in [6, 6.07) is 4.95. The van der Waals surface area contributed by atoms with Crippen LogP contribution in [0, 0.1) is 0 Å². The number of benzene rings is 1. The van der Waals surface area contributed by atoms with Gasteiger partial charge in [-0.05, 0) is 31.5 Å². The van der Waals surface area contributed by atoms with E-state index in [2.05, 4.69) is 5.01 Å². The van der Waals surface area contributed by atoms with Gasteiger partial charge in [0.2, 0.25) is 0 Å². The van der Waals surface area contributed by atoms with Crippen molar-refractivity contribution >= 4 is 5.97 Å². The van der Waals surface area contributed by atoms with Crippen molar-refractivity contribution in [1.29, 1.82) is 0 Å². The van der Waals surface area contributed by atoms with Crippen LogP contribution in [0.3, 0.4) is 0 Å². The van der Waals surface area contributed by atoms with Crippen molar-refractivity contribution in [2.75, 3.05) is 45.7 Å². The average molecular weight is 444 g/mol. The Bertz CT molecular complexity index is 1090. The summed E-state index contributed by atoms with van der Waals surface area (Å²) >= 11 is 0. The highest BCUT2D eigenvalue weighted by Crippen LogP contribution is 2.46. The number of methoxy groups -OCH3 is 2. The summed E-state index contributed by atoms with van der Waals surface area (Å²) in [4.78, 5) is 24.2. The normalized spacial score (nSPS) is 18.4. The summed E-state index contributed by atoms with van der Waals surface area (Å²) in [6.45, 7) is 5.99. The molecule has 2 aromatic rings. The van der Waals surface area contributed by atoms with E-state index in [9.17, 15) is 14.7 Å². The van der Waals surface area contributed by atoms with Crippen LogP contribution in [0.2, 0.25) is 0 Å². The average Bonchev–Trinajstić information content (AvgIpc) is 2.75. The van der Waals surface area contributed by atoms with Gasteiger partial charge in [0, 0.05) is 38.0 Å². The number of carboxylic acids is 1. The lowest BCUT2D eigenvalue weighted by molar-refractivity contribution is 0.0176. The van der Waals surface area contributed by atoms with E-state index in [1.165, 1.54) is 12.3 Å². The summed E-state index contributed by atoms with van der Waals surface area (Å²) in [7, 11) is 3.21. The standard InChI is InChI=1S/C23H28N2O7/c1-23(2)13-31-12-18-15-9-21(32-7-5-6-29-3)20(30-4)8-14(15)17-10-19(26)16(22(27)28)11-24(17)25(18)23/h8-11,18H,5-7,12-13H2,1-4H3,(H,27,28)/t18-/m0/s1. The Balaban J connectivity index is 1.90. The molecule has 1 atom stereocenters. The van der Waals surface area contributed by atoms with E-state index in [1.54, 1.807) is 18.9 Å². The molecule has 1 N–H and O–H groups in total. The van der Waals surface area contributed by atoms with Gasteiger partial charge in [0.15, 0.2) is 16.9 Å². The van der Waals surface area contributed by atoms with Gasteiger partial charge in [-0.3, -0.25) is 14.5 Å². The molecule has 0 radical (unpaired) electrons. The quantitative estimate of drug-likeness (QED) is 0.650. The number of hydrogen-bond acceptors (Lipinski definition) is 7. The van der Waals surface area contributed by atoms with Crippen LogP contribution < -0.4 is 19.9 Å². The topological polar surface area (TPSA) is 99.5 Å². The number of ether oxygens (including phenoxy) is 4. The predicted molar refractivity (Wildman–Crippen MR) is 117 cm³/mol. The van der Waals surface area contributed by atoms with Gasteiger partial charge in [-0.15, -0.1) is 0 Å². The number of aromatic nitrogens is 1. The number of fused-ring (bicyclic) bond motifs is 6. The van der Waals surface area contributed by atoms with Gasteiger partial charge in [-0.25, -0.2) is 4.79 Å². The number of carbonyl (C=O) groups is 1. The minimum absolute atomic E-state index is 0.197. The van der Waals surface area contributed by atoms with E-state index in [1.807, 2.05) is 26.0 Å². The van der Waals surface area contributed by atoms with Crippen LogP contribution in [0.15, 0.2) is 29.2 Å². The molecule has 1 fully saturated rings. The van der Waals surface area contributed by atoms with Crippen molar-refractivity contribution in [1.82, 2.24) is 4.68 Å². The lowest BCUT2D eigenvalue weighted by Crippen LogP contribution is -2.61. The maximum Gasteiger partial charge on any atom is 0.341 e. The third kappa shape index (κ3) is 3.71. The molecule has 0 spiro atoms. The van der Waals surface area contributed by atoms with Crippen LogP contribution in [-0.4, -0.2) is 61.9 Å². The second-order valence-corrected chi connectivity index (χ2v) is 8.56. The first kappa shape index (κ1) is 22.2. The van der Waals surface area contributed by atoms with Gasteiger partial charge < -0.3 is 24.1 Å². The maximum atomic E-state index is 12.6. The highest BCUT2D eigenvalue weighted by molar-refractivity contribution is 5.88. The first-order valence-electron chi connectivity index (χ1n) is 10.5. The van der Waals surface area contributed by atoms with E-state index in [0.717, 1.165) is 17.5 Å². The van der Waals surface area contributed by atoms with E-state index in [4.69, 9.17) is 18.9 Å². The van der Waals surface area contributed by atoms with Crippen molar-refractivity contribution < 1.29 is 28.8 Å². The molecule has 9 nitrogen and oxygen atoms in total. The molecule has 172 valence electrons. The minimum Gasteiger partial charge on any atom is -0.493 e. The number of pyridine rings is 1. The highest BCUT2D eigenvalue weighted by atomic mass is 16.5. The zero-order valence-electron chi connectivity index (χ0n) is 18.7. The molecular weight excluding hydrogens is 416 g/mol. The van der Waals surface area contributed by atoms with Crippen LogP contribution in [-0.2, 0) is 9.47 Å². The Kier molecular flexibility index (Phi) is 5.87. The van der Waals surface area contributed by atoms with E-state index >= 15 is 0 Å². The summed E-state index contributed by atoms with van der Waals surface area (Å²) < 4.78 is 24.3. The van der Waals surface area contributed by atoms with Gasteiger partial charge in [0.1, 0.15) is 5.56 Å². The third-order valence-corrected chi connectivity index (χ3v) is 5.86. The van der Waals surface area contributed by atoms with Crippen LogP contribution in [0.5, 0.6) is 11.5 Å². The van der Waals surface area contributed by atoms with Crippen molar-refractivity contribution in [2.45, 2.75) is 31.8 Å². The molecule has 0 bridgehead atoms. The SMILES string of the molecule is COCCCOc1cc2c(cc1OC)-c1cc(=O)c(C(=O)O)cn1N1[C@H]2COCC1(C)C. The Morgan fingerprint density at radius 1 is 1.22 bits per heavy atom. The molecular formula is C23H28N2O7. The van der Waals surface area contributed by atoms with Gasteiger partial charge in [-0.1, -0.05) is 0 Å². The molecule has 3 heterocycles. The van der Waals surface area contributed by atoms with Crippen LogP contribution in [0.1, 0.15) is 42.2 Å². The van der Waals surface area contributed by atoms with Gasteiger partial charge in [0.25, 0.3) is 0 Å². The fraction of sp³-hybridized carbons (Fsp3) is 0.478. The molecule has 9 heteroatoms. The monoisotopic (exact) mass is 444 g/mol. The van der Waals surface area contributed by atoms with Crippen molar-refractivity contribution in [3.8, 4) is 22.8 Å². The third-order valence-electron chi connectivity index (χ3n) is 5.86. The fourth-order valence-corrected chi connectivity index (χ4v) is 4.44. The zero-order valence-corrected chi connectivity index (χ0v) is 18.7. The molecule has 2 aliphatic rings. The molecule has 1 aromatic heterocycles. The number of carboxylic acid groups (broad SMARTS) is 1. The van der Waals surface area contributed by atoms with Crippen LogP contribution in [0.25, 0.3) is 11.3 Å². The van der Waals surface area contributed by atoms with E-state index < -0.39 is 16.9 Å². The maximum absolute atomic E-state index is 12.6. The molecule has 1 aromatic carbocycles. The highest BCUT2D eigenvalue weighted by Gasteiger charge is 2.43. The summed E-state index contributed by atoms with van der Waals surface area (Å²) in [6.07, 6.45) is 2.14. The second-order valence-electron chi connectivity index (χ2n) is 8.56. The summed E-state index contributed by atoms with van der Waals surface area (Å²) in [5.41, 5.74) is 1.05. The molecule has 0 unspecified atom stereocenters. The number of hydrogen-bond donors (Lipinski definition) is 1. The lowest BCUT2D eigenvalue weighted by atomic mass is 9.89. The smallest absolute Gasteiger partial charge is 0.341 e. The second kappa shape index (κ2) is 8.48. The van der Waals surface area contributed by atoms with E-state index in [0.29, 0.717) is 43.6 Å². The Hall–Kier alpha value is -3.04. The number of nitrogens with zero attached hydrogens (tertiary/aromatic N) is 2. The largest absolute Gasteiger partial charge is 0.493 e. The number of rotatable bonds is 7. The van der Waals surface area contributed by atoms with Crippen LogP contribution in [0.4, 0.5) is 0 Å². The fourth-order valence-electron chi connectivity index (χ4n) is 4.44. The Labute approximate surface area is 186 Å². The van der Waals surface area contributed by atoms with Gasteiger partial charge in [0.05, 0.1) is 44.2 Å². The van der Waals surface area contributed by atoms with Gasteiger partial charge >= 0.3 is 5.97 Å². The number of morpholine rings is 1. The zero-order chi connectivity index (χ0) is 23.0.